The highest BCUT2D eigenvalue weighted by Gasteiger charge is 2.25. The number of primary amides is 1. The molecule has 0 aromatic heterocycles. The van der Waals surface area contributed by atoms with Crippen LogP contribution in [-0.4, -0.2) is 43.4 Å². The highest BCUT2D eigenvalue weighted by Crippen LogP contribution is 2.15. The Morgan fingerprint density at radius 3 is 2.23 bits per heavy atom. The second kappa shape index (κ2) is 10.8. The van der Waals surface area contributed by atoms with Gasteiger partial charge in [0.15, 0.2) is 6.61 Å². The average molecular weight is 434 g/mol. The van der Waals surface area contributed by atoms with Crippen LogP contribution < -0.4 is 21.1 Å². The van der Waals surface area contributed by atoms with E-state index >= 15 is 0 Å². The van der Waals surface area contributed by atoms with E-state index < -0.39 is 42.8 Å². The van der Waals surface area contributed by atoms with Gasteiger partial charge < -0.3 is 25.8 Å². The fraction of sp³-hybridized carbons (Fsp3) is 0.200. The Balaban J connectivity index is 1.93. The van der Waals surface area contributed by atoms with Gasteiger partial charge in [0.25, 0.3) is 11.8 Å². The van der Waals surface area contributed by atoms with Crippen LogP contribution in [0.4, 0.5) is 5.69 Å². The zero-order valence-corrected chi connectivity index (χ0v) is 16.8. The van der Waals surface area contributed by atoms with Crippen LogP contribution in [0.1, 0.15) is 16.8 Å². The van der Waals surface area contributed by atoms with E-state index in [9.17, 15) is 19.2 Å². The molecule has 2 aromatic carbocycles. The molecule has 158 valence electrons. The Morgan fingerprint density at radius 2 is 1.67 bits per heavy atom. The third-order valence-electron chi connectivity index (χ3n) is 3.82. The van der Waals surface area contributed by atoms with Crippen molar-refractivity contribution in [1.29, 1.82) is 0 Å². The lowest BCUT2D eigenvalue weighted by Crippen LogP contribution is -2.44. The van der Waals surface area contributed by atoms with E-state index in [1.54, 1.807) is 24.3 Å². The maximum absolute atomic E-state index is 12.3. The van der Waals surface area contributed by atoms with Crippen molar-refractivity contribution in [1.82, 2.24) is 5.32 Å². The number of rotatable bonds is 9. The second-order valence-corrected chi connectivity index (χ2v) is 6.52. The number of benzene rings is 2. The molecule has 0 unspecified atom stereocenters. The predicted octanol–water partition coefficient (Wildman–Crippen LogP) is 1.50. The van der Waals surface area contributed by atoms with Gasteiger partial charge >= 0.3 is 5.97 Å². The molecular weight excluding hydrogens is 414 g/mol. The van der Waals surface area contributed by atoms with Crippen molar-refractivity contribution in [3.63, 3.8) is 0 Å². The molecule has 0 radical (unpaired) electrons. The van der Waals surface area contributed by atoms with Gasteiger partial charge in [0.05, 0.1) is 13.5 Å². The molecule has 0 heterocycles. The van der Waals surface area contributed by atoms with Crippen LogP contribution in [0.5, 0.6) is 5.75 Å². The number of methoxy groups -OCH3 is 1. The Hall–Kier alpha value is -3.59. The number of ether oxygens (including phenoxy) is 2. The van der Waals surface area contributed by atoms with Crippen LogP contribution in [0.15, 0.2) is 48.5 Å². The van der Waals surface area contributed by atoms with E-state index in [0.29, 0.717) is 16.5 Å². The minimum atomic E-state index is -1.35. The zero-order valence-electron chi connectivity index (χ0n) is 16.0. The number of nitrogens with two attached hydrogens (primary N) is 1. The van der Waals surface area contributed by atoms with E-state index in [4.69, 9.17) is 26.8 Å². The number of nitrogens with one attached hydrogen (secondary N) is 2. The number of carbonyl (C=O) groups excluding carboxylic acids is 4. The van der Waals surface area contributed by atoms with Crippen molar-refractivity contribution in [3.8, 4) is 5.75 Å². The zero-order chi connectivity index (χ0) is 22.1. The molecule has 0 aliphatic rings. The van der Waals surface area contributed by atoms with E-state index in [2.05, 4.69) is 10.6 Å². The van der Waals surface area contributed by atoms with Crippen LogP contribution in [-0.2, 0) is 19.1 Å². The van der Waals surface area contributed by atoms with Gasteiger partial charge in [-0.1, -0.05) is 11.6 Å². The fourth-order valence-electron chi connectivity index (χ4n) is 2.35. The molecule has 0 spiro atoms. The highest BCUT2D eigenvalue weighted by atomic mass is 35.5. The predicted molar refractivity (Wildman–Crippen MR) is 109 cm³/mol. The number of anilines is 1. The summed E-state index contributed by atoms with van der Waals surface area (Å²) in [5.41, 5.74) is 5.84. The summed E-state index contributed by atoms with van der Waals surface area (Å²) in [4.78, 5) is 47.8. The van der Waals surface area contributed by atoms with Gasteiger partial charge in [-0.2, -0.15) is 0 Å². The number of hydrogen-bond acceptors (Lipinski definition) is 6. The summed E-state index contributed by atoms with van der Waals surface area (Å²) in [6.07, 6.45) is -0.488. The van der Waals surface area contributed by atoms with Crippen LogP contribution in [0, 0.1) is 0 Å². The molecule has 0 fully saturated rings. The Kier molecular flexibility index (Phi) is 8.18. The van der Waals surface area contributed by atoms with Crippen LogP contribution in [0.3, 0.4) is 0 Å². The number of halogens is 1. The minimum Gasteiger partial charge on any atom is -0.497 e. The van der Waals surface area contributed by atoms with Crippen molar-refractivity contribution in [2.45, 2.75) is 12.5 Å². The highest BCUT2D eigenvalue weighted by molar-refractivity contribution is 6.30. The summed E-state index contributed by atoms with van der Waals surface area (Å²) in [5, 5.41) is 5.34. The van der Waals surface area contributed by atoms with Crippen molar-refractivity contribution < 1.29 is 28.7 Å². The maximum Gasteiger partial charge on any atom is 0.329 e. The first kappa shape index (κ1) is 22.7. The van der Waals surface area contributed by atoms with E-state index in [1.165, 1.54) is 31.4 Å². The molecule has 0 saturated heterocycles. The summed E-state index contributed by atoms with van der Waals surface area (Å²) < 4.78 is 9.94. The summed E-state index contributed by atoms with van der Waals surface area (Å²) >= 11 is 5.77. The van der Waals surface area contributed by atoms with Gasteiger partial charge in [0.2, 0.25) is 5.91 Å². The summed E-state index contributed by atoms with van der Waals surface area (Å²) in [5.74, 6) is -2.41. The van der Waals surface area contributed by atoms with Crippen LogP contribution in [0.2, 0.25) is 5.02 Å². The molecule has 2 aromatic rings. The van der Waals surface area contributed by atoms with Crippen LogP contribution >= 0.6 is 11.6 Å². The van der Waals surface area contributed by atoms with Crippen molar-refractivity contribution in [2.75, 3.05) is 19.0 Å². The Morgan fingerprint density at radius 1 is 1.03 bits per heavy atom. The molecule has 30 heavy (non-hydrogen) atoms. The summed E-state index contributed by atoms with van der Waals surface area (Å²) in [6, 6.07) is 11.1. The van der Waals surface area contributed by atoms with E-state index in [0.717, 1.165) is 0 Å². The third-order valence-corrected chi connectivity index (χ3v) is 4.07. The van der Waals surface area contributed by atoms with Gasteiger partial charge in [0, 0.05) is 16.3 Å². The van der Waals surface area contributed by atoms with Gasteiger partial charge in [-0.25, -0.2) is 4.79 Å². The molecule has 0 aliphatic carbocycles. The van der Waals surface area contributed by atoms with Crippen molar-refractivity contribution in [3.05, 3.63) is 59.1 Å². The smallest absolute Gasteiger partial charge is 0.329 e. The average Bonchev–Trinajstić information content (AvgIpc) is 2.72. The number of carbonyl (C=O) groups is 4. The molecule has 9 nitrogen and oxygen atoms in total. The van der Waals surface area contributed by atoms with Gasteiger partial charge in [0.1, 0.15) is 11.8 Å². The topological polar surface area (TPSA) is 137 Å². The molecule has 2 rings (SSSR count). The standard InChI is InChI=1S/C20H20ClN3O6/c1-29-15-8-6-14(7-9-15)23-18(26)11-30-20(28)16(10-17(22)25)24-19(27)12-2-4-13(21)5-3-12/h2-9,16H,10-11H2,1H3,(H2,22,25)(H,23,26)(H,24,27)/t16-/m1/s1. The maximum atomic E-state index is 12.3. The first-order chi connectivity index (χ1) is 14.3. The molecule has 3 amide bonds. The molecule has 4 N–H and O–H groups in total. The van der Waals surface area contributed by atoms with E-state index in [-0.39, 0.29) is 5.56 Å². The van der Waals surface area contributed by atoms with E-state index in [1.807, 2.05) is 0 Å². The van der Waals surface area contributed by atoms with Gasteiger partial charge in [-0.05, 0) is 48.5 Å². The Labute approximate surface area is 177 Å². The van der Waals surface area contributed by atoms with Crippen LogP contribution in [0.25, 0.3) is 0 Å². The first-order valence-electron chi connectivity index (χ1n) is 8.73. The second-order valence-electron chi connectivity index (χ2n) is 6.09. The monoisotopic (exact) mass is 433 g/mol. The van der Waals surface area contributed by atoms with Gasteiger partial charge in [-0.3, -0.25) is 14.4 Å². The summed E-state index contributed by atoms with van der Waals surface area (Å²) in [7, 11) is 1.52. The molecule has 10 heteroatoms. The molecule has 1 atom stereocenters. The molecule has 0 aliphatic heterocycles. The number of hydrogen-bond donors (Lipinski definition) is 3. The lowest BCUT2D eigenvalue weighted by Gasteiger charge is -2.16. The lowest BCUT2D eigenvalue weighted by molar-refractivity contribution is -0.150. The molecular formula is C20H20ClN3O6. The third kappa shape index (κ3) is 7.10. The molecule has 0 bridgehead atoms. The summed E-state index contributed by atoms with van der Waals surface area (Å²) in [6.45, 7) is -0.614. The fourth-order valence-corrected chi connectivity index (χ4v) is 2.47. The van der Waals surface area contributed by atoms with Gasteiger partial charge in [-0.15, -0.1) is 0 Å². The first-order valence-corrected chi connectivity index (χ1v) is 9.11. The van der Waals surface area contributed by atoms with Crippen molar-refractivity contribution >= 4 is 41.0 Å². The Bertz CT molecular complexity index is 915. The lowest BCUT2D eigenvalue weighted by atomic mass is 10.1. The quantitative estimate of drug-likeness (QED) is 0.512. The number of amides is 3. The van der Waals surface area contributed by atoms with Crippen molar-refractivity contribution in [2.24, 2.45) is 5.73 Å². The minimum absolute atomic E-state index is 0.221. The largest absolute Gasteiger partial charge is 0.497 e. The SMILES string of the molecule is COc1ccc(NC(=O)COC(=O)[C@@H](CC(N)=O)NC(=O)c2ccc(Cl)cc2)cc1. The normalized spacial score (nSPS) is 11.1. The molecule has 0 saturated carbocycles. The number of esters is 1.